The second kappa shape index (κ2) is 9.61. The Bertz CT molecular complexity index is 1190. The largest absolute Gasteiger partial charge is 0.340 e. The highest BCUT2D eigenvalue weighted by molar-refractivity contribution is 7.91. The molecule has 0 amide bonds. The number of nitrogens with one attached hydrogen (secondary N) is 1. The predicted molar refractivity (Wildman–Crippen MR) is 131 cm³/mol. The summed E-state index contributed by atoms with van der Waals surface area (Å²) in [4.78, 5) is 2.93. The molecule has 1 heterocycles. The predicted octanol–water partition coefficient (Wildman–Crippen LogP) is 6.28. The summed E-state index contributed by atoms with van der Waals surface area (Å²) in [5.41, 5.74) is 4.84. The summed E-state index contributed by atoms with van der Waals surface area (Å²) in [5, 5.41) is 1.37. The quantitative estimate of drug-likeness (QED) is 0.428. The van der Waals surface area contributed by atoms with Crippen LogP contribution in [-0.2, 0) is 22.8 Å². The van der Waals surface area contributed by atoms with Crippen LogP contribution < -0.4 is 9.62 Å². The molecule has 7 heteroatoms. The molecule has 4 rings (SSSR count). The number of para-hydroxylation sites is 2. The number of hydrogen-bond donors (Lipinski definition) is 1. The van der Waals surface area contributed by atoms with Crippen molar-refractivity contribution in [1.29, 1.82) is 0 Å². The molecule has 1 N–H and O–H groups in total. The molecular formula is C24H25Cl2N3OS. The first-order valence-electron chi connectivity index (χ1n) is 10.3. The lowest BCUT2D eigenvalue weighted by Gasteiger charge is -2.28. The van der Waals surface area contributed by atoms with Gasteiger partial charge >= 0.3 is 0 Å². The zero-order chi connectivity index (χ0) is 21.8. The number of benzene rings is 3. The highest BCUT2D eigenvalue weighted by Gasteiger charge is 2.22. The van der Waals surface area contributed by atoms with Crippen LogP contribution in [0.1, 0.15) is 17.5 Å². The first kappa shape index (κ1) is 22.2. The monoisotopic (exact) mass is 473 g/mol. The van der Waals surface area contributed by atoms with Gasteiger partial charge in [0.2, 0.25) is 0 Å². The number of hydrogen-bond acceptors (Lipinski definition) is 3. The van der Waals surface area contributed by atoms with Crippen LogP contribution in [0, 0.1) is 0 Å². The van der Waals surface area contributed by atoms with Crippen molar-refractivity contribution in [1.82, 2.24) is 4.72 Å². The molecule has 0 aliphatic carbocycles. The molecule has 0 aromatic heterocycles. The van der Waals surface area contributed by atoms with E-state index in [1.165, 1.54) is 16.8 Å². The van der Waals surface area contributed by atoms with E-state index < -0.39 is 9.92 Å². The fourth-order valence-corrected chi connectivity index (χ4v) is 5.85. The average Bonchev–Trinajstić information content (AvgIpc) is 2.95. The molecule has 0 fully saturated rings. The summed E-state index contributed by atoms with van der Waals surface area (Å²) in [6, 6.07) is 21.6. The van der Waals surface area contributed by atoms with Crippen molar-refractivity contribution >= 4 is 44.5 Å². The van der Waals surface area contributed by atoms with Crippen LogP contribution in [0.3, 0.4) is 0 Å². The van der Waals surface area contributed by atoms with E-state index in [4.69, 9.17) is 23.2 Å². The summed E-state index contributed by atoms with van der Waals surface area (Å²) in [6.07, 6.45) is 2.72. The van der Waals surface area contributed by atoms with Gasteiger partial charge in [0, 0.05) is 30.8 Å². The topological polar surface area (TPSA) is 44.7 Å². The van der Waals surface area contributed by atoms with E-state index in [1.54, 1.807) is 31.3 Å². The van der Waals surface area contributed by atoms with Crippen LogP contribution in [0.2, 0.25) is 10.0 Å². The van der Waals surface area contributed by atoms with E-state index in [1.807, 2.05) is 12.1 Å². The second-order valence-electron chi connectivity index (χ2n) is 7.44. The molecular weight excluding hydrogens is 449 g/mol. The van der Waals surface area contributed by atoms with Crippen LogP contribution >= 0.6 is 23.2 Å². The third kappa shape index (κ3) is 4.75. The molecule has 1 unspecified atom stereocenters. The summed E-state index contributed by atoms with van der Waals surface area (Å²) in [7, 11) is -1.12. The van der Waals surface area contributed by atoms with Gasteiger partial charge < -0.3 is 4.90 Å². The minimum Gasteiger partial charge on any atom is -0.340 e. The first-order chi connectivity index (χ1) is 15.0. The Morgan fingerprint density at radius 1 is 0.968 bits per heavy atom. The summed E-state index contributed by atoms with van der Waals surface area (Å²) in [5.74, 6) is 0. The molecule has 0 saturated carbocycles. The van der Waals surface area contributed by atoms with Crippen molar-refractivity contribution in [2.24, 2.45) is 4.36 Å². The Morgan fingerprint density at radius 2 is 1.68 bits per heavy atom. The highest BCUT2D eigenvalue weighted by Crippen LogP contribution is 2.40. The fourth-order valence-electron chi connectivity index (χ4n) is 3.99. The molecule has 0 spiro atoms. The van der Waals surface area contributed by atoms with E-state index in [0.717, 1.165) is 36.5 Å². The first-order valence-corrected chi connectivity index (χ1v) is 12.6. The molecule has 1 aliphatic rings. The van der Waals surface area contributed by atoms with E-state index in [-0.39, 0.29) is 0 Å². The molecule has 0 saturated heterocycles. The number of rotatable bonds is 6. The van der Waals surface area contributed by atoms with Gasteiger partial charge in [-0.2, -0.15) is 0 Å². The van der Waals surface area contributed by atoms with Crippen molar-refractivity contribution in [3.05, 3.63) is 87.9 Å². The van der Waals surface area contributed by atoms with Gasteiger partial charge in [0.1, 0.15) is 9.92 Å². The molecule has 1 aliphatic heterocycles. The standard InChI is InChI=1S/C24H25Cl2N3OS/c1-27-31(30,21-14-12-20(25)13-15-21)28-16-5-17-29-23-9-3-2-6-18(23)10-11-19-7-4-8-22(26)24(19)29/h2-4,6-9,12-15H,5,10-11,16-17H2,1H3,(H,27,28,30). The molecule has 162 valence electrons. The molecule has 3 aromatic carbocycles. The van der Waals surface area contributed by atoms with E-state index in [0.29, 0.717) is 16.5 Å². The minimum absolute atomic E-state index is 0.553. The van der Waals surface area contributed by atoms with Gasteiger partial charge in [-0.1, -0.05) is 53.5 Å². The van der Waals surface area contributed by atoms with Crippen molar-refractivity contribution < 1.29 is 4.21 Å². The van der Waals surface area contributed by atoms with Crippen LogP contribution in [0.15, 0.2) is 76.0 Å². The van der Waals surface area contributed by atoms with Gasteiger partial charge in [-0.25, -0.2) is 13.3 Å². The lowest BCUT2D eigenvalue weighted by Crippen LogP contribution is -2.28. The normalized spacial score (nSPS) is 14.9. The maximum absolute atomic E-state index is 13.3. The molecule has 31 heavy (non-hydrogen) atoms. The highest BCUT2D eigenvalue weighted by atomic mass is 35.5. The number of nitrogens with zero attached hydrogens (tertiary/aromatic N) is 2. The Labute approximate surface area is 194 Å². The van der Waals surface area contributed by atoms with E-state index in [9.17, 15) is 4.21 Å². The minimum atomic E-state index is -2.69. The van der Waals surface area contributed by atoms with Crippen LogP contribution in [0.5, 0.6) is 0 Å². The van der Waals surface area contributed by atoms with Crippen LogP contribution in [0.25, 0.3) is 0 Å². The molecule has 0 radical (unpaired) electrons. The number of fused-ring (bicyclic) bond motifs is 2. The third-order valence-corrected chi connectivity index (χ3v) is 8.11. The lowest BCUT2D eigenvalue weighted by molar-refractivity contribution is 0.659. The zero-order valence-corrected chi connectivity index (χ0v) is 19.7. The number of aryl methyl sites for hydroxylation is 2. The van der Waals surface area contributed by atoms with E-state index >= 15 is 0 Å². The van der Waals surface area contributed by atoms with Crippen LogP contribution in [-0.4, -0.2) is 24.3 Å². The summed E-state index contributed by atoms with van der Waals surface area (Å²) >= 11 is 12.6. The average molecular weight is 474 g/mol. The second-order valence-corrected chi connectivity index (χ2v) is 10.5. The fraction of sp³-hybridized carbons (Fsp3) is 0.250. The van der Waals surface area contributed by atoms with Gasteiger partial charge in [0.25, 0.3) is 0 Å². The third-order valence-electron chi connectivity index (χ3n) is 5.53. The van der Waals surface area contributed by atoms with Crippen LogP contribution in [0.4, 0.5) is 11.4 Å². The van der Waals surface area contributed by atoms with Gasteiger partial charge in [0.05, 0.1) is 15.6 Å². The summed E-state index contributed by atoms with van der Waals surface area (Å²) < 4.78 is 20.6. The van der Waals surface area contributed by atoms with Gasteiger partial charge in [-0.3, -0.25) is 0 Å². The molecule has 4 nitrogen and oxygen atoms in total. The Kier molecular flexibility index (Phi) is 6.87. The Hall–Kier alpha value is -2.05. The smallest absolute Gasteiger partial charge is 0.137 e. The SMILES string of the molecule is CN=S(=O)(NCCCN1c2ccccc2CCc2cccc(Cl)c21)c1ccc(Cl)cc1. The van der Waals surface area contributed by atoms with Crippen molar-refractivity contribution in [2.75, 3.05) is 25.0 Å². The van der Waals surface area contributed by atoms with Crippen molar-refractivity contribution in [3.63, 3.8) is 0 Å². The maximum Gasteiger partial charge on any atom is 0.137 e. The molecule has 1 atom stereocenters. The Balaban J connectivity index is 1.53. The number of anilines is 2. The zero-order valence-electron chi connectivity index (χ0n) is 17.4. The maximum atomic E-state index is 13.3. The molecule has 3 aromatic rings. The number of halogens is 2. The molecule has 0 bridgehead atoms. The van der Waals surface area contributed by atoms with Gasteiger partial charge in [-0.15, -0.1) is 0 Å². The lowest BCUT2D eigenvalue weighted by atomic mass is 10.0. The Morgan fingerprint density at radius 3 is 2.45 bits per heavy atom. The van der Waals surface area contributed by atoms with Crippen molar-refractivity contribution in [3.8, 4) is 0 Å². The van der Waals surface area contributed by atoms with Gasteiger partial charge in [0.15, 0.2) is 0 Å². The summed E-state index contributed by atoms with van der Waals surface area (Å²) in [6.45, 7) is 1.30. The van der Waals surface area contributed by atoms with Crippen molar-refractivity contribution in [2.45, 2.75) is 24.2 Å². The van der Waals surface area contributed by atoms with Gasteiger partial charge in [-0.05, 0) is 66.8 Å². The van der Waals surface area contributed by atoms with E-state index in [2.05, 4.69) is 44.3 Å².